The first-order valence-corrected chi connectivity index (χ1v) is 5.79. The topological polar surface area (TPSA) is 69.6 Å². The van der Waals surface area contributed by atoms with Crippen LogP contribution in [0, 0.1) is 5.92 Å². The van der Waals surface area contributed by atoms with Crippen molar-refractivity contribution in [3.63, 3.8) is 0 Å². The molecule has 0 aromatic rings. The standard InChI is InChI=1S/C11H20N2O3/c1-3-6-13(2)11(16)12-9-5-4-8(7-9)10(14)15/h8-9H,3-7H2,1-2H3,(H,12,16)(H,14,15). The Morgan fingerprint density at radius 3 is 2.62 bits per heavy atom. The second-order valence-corrected chi connectivity index (χ2v) is 4.42. The van der Waals surface area contributed by atoms with Crippen molar-refractivity contribution in [2.75, 3.05) is 13.6 Å². The van der Waals surface area contributed by atoms with Gasteiger partial charge in [0.25, 0.3) is 0 Å². The Balaban J connectivity index is 2.33. The van der Waals surface area contributed by atoms with Gasteiger partial charge in [0.1, 0.15) is 0 Å². The van der Waals surface area contributed by atoms with E-state index >= 15 is 0 Å². The Morgan fingerprint density at radius 2 is 2.12 bits per heavy atom. The number of carbonyl (C=O) groups excluding carboxylic acids is 1. The van der Waals surface area contributed by atoms with E-state index in [9.17, 15) is 9.59 Å². The minimum Gasteiger partial charge on any atom is -0.481 e. The van der Waals surface area contributed by atoms with Crippen LogP contribution in [-0.4, -0.2) is 41.6 Å². The van der Waals surface area contributed by atoms with Crippen molar-refractivity contribution in [2.24, 2.45) is 5.92 Å². The van der Waals surface area contributed by atoms with E-state index in [1.54, 1.807) is 11.9 Å². The molecule has 92 valence electrons. The van der Waals surface area contributed by atoms with Crippen LogP contribution in [0.4, 0.5) is 4.79 Å². The third kappa shape index (κ3) is 3.40. The summed E-state index contributed by atoms with van der Waals surface area (Å²) in [5, 5.41) is 11.7. The minimum atomic E-state index is -0.751. The largest absolute Gasteiger partial charge is 0.481 e. The average Bonchev–Trinajstić information content (AvgIpc) is 2.66. The van der Waals surface area contributed by atoms with Crippen LogP contribution in [0.5, 0.6) is 0 Å². The van der Waals surface area contributed by atoms with Gasteiger partial charge in [0.2, 0.25) is 0 Å². The molecule has 1 aliphatic carbocycles. The van der Waals surface area contributed by atoms with Gasteiger partial charge in [-0.1, -0.05) is 6.92 Å². The molecule has 2 amide bonds. The van der Waals surface area contributed by atoms with Gasteiger partial charge in [-0.25, -0.2) is 4.79 Å². The number of aliphatic carboxylic acids is 1. The van der Waals surface area contributed by atoms with Crippen molar-refractivity contribution in [1.82, 2.24) is 10.2 Å². The van der Waals surface area contributed by atoms with Gasteiger partial charge in [-0.05, 0) is 25.7 Å². The molecular weight excluding hydrogens is 208 g/mol. The number of nitrogens with zero attached hydrogens (tertiary/aromatic N) is 1. The van der Waals surface area contributed by atoms with Crippen LogP contribution < -0.4 is 5.32 Å². The van der Waals surface area contributed by atoms with Crippen LogP contribution in [0.15, 0.2) is 0 Å². The number of carboxylic acid groups (broad SMARTS) is 1. The lowest BCUT2D eigenvalue weighted by atomic mass is 10.1. The third-order valence-corrected chi connectivity index (χ3v) is 3.02. The summed E-state index contributed by atoms with van der Waals surface area (Å²) in [7, 11) is 1.75. The maximum atomic E-state index is 11.6. The lowest BCUT2D eigenvalue weighted by Gasteiger charge is -2.20. The Morgan fingerprint density at radius 1 is 1.44 bits per heavy atom. The van der Waals surface area contributed by atoms with E-state index in [4.69, 9.17) is 5.11 Å². The first-order valence-electron chi connectivity index (χ1n) is 5.79. The molecule has 0 aromatic carbocycles. The molecule has 5 nitrogen and oxygen atoms in total. The SMILES string of the molecule is CCCN(C)C(=O)NC1CCC(C(=O)O)C1. The fourth-order valence-corrected chi connectivity index (χ4v) is 2.06. The van der Waals surface area contributed by atoms with Crippen molar-refractivity contribution < 1.29 is 14.7 Å². The minimum absolute atomic E-state index is 0.0212. The first-order chi connectivity index (χ1) is 7.54. The highest BCUT2D eigenvalue weighted by Crippen LogP contribution is 2.25. The highest BCUT2D eigenvalue weighted by molar-refractivity contribution is 5.75. The van der Waals surface area contributed by atoms with Crippen molar-refractivity contribution in [1.29, 1.82) is 0 Å². The van der Waals surface area contributed by atoms with Gasteiger partial charge >= 0.3 is 12.0 Å². The summed E-state index contributed by atoms with van der Waals surface area (Å²) in [6.45, 7) is 2.74. The Labute approximate surface area is 95.8 Å². The number of hydrogen-bond acceptors (Lipinski definition) is 2. The molecule has 0 aromatic heterocycles. The zero-order chi connectivity index (χ0) is 12.1. The quantitative estimate of drug-likeness (QED) is 0.761. The maximum absolute atomic E-state index is 11.6. The molecule has 0 aliphatic heterocycles. The van der Waals surface area contributed by atoms with Crippen molar-refractivity contribution >= 4 is 12.0 Å². The van der Waals surface area contributed by atoms with Gasteiger partial charge in [0.15, 0.2) is 0 Å². The summed E-state index contributed by atoms with van der Waals surface area (Å²) < 4.78 is 0. The molecule has 2 unspecified atom stereocenters. The molecule has 5 heteroatoms. The molecule has 1 aliphatic rings. The van der Waals surface area contributed by atoms with E-state index in [2.05, 4.69) is 5.32 Å². The van der Waals surface area contributed by atoms with E-state index in [0.29, 0.717) is 12.8 Å². The molecule has 2 atom stereocenters. The van der Waals surface area contributed by atoms with Gasteiger partial charge in [-0.2, -0.15) is 0 Å². The number of urea groups is 1. The monoisotopic (exact) mass is 228 g/mol. The van der Waals surface area contributed by atoms with E-state index in [1.807, 2.05) is 6.92 Å². The molecule has 1 rings (SSSR count). The zero-order valence-electron chi connectivity index (χ0n) is 9.90. The summed E-state index contributed by atoms with van der Waals surface area (Å²) in [5.74, 6) is -1.04. The van der Waals surface area contributed by atoms with Gasteiger partial charge in [0, 0.05) is 19.6 Å². The molecule has 0 bridgehead atoms. The van der Waals surface area contributed by atoms with Crippen molar-refractivity contribution in [3.8, 4) is 0 Å². The molecular formula is C11H20N2O3. The molecule has 1 saturated carbocycles. The predicted molar refractivity (Wildman–Crippen MR) is 60.2 cm³/mol. The van der Waals surface area contributed by atoms with E-state index < -0.39 is 5.97 Å². The second-order valence-electron chi connectivity index (χ2n) is 4.42. The molecule has 16 heavy (non-hydrogen) atoms. The van der Waals surface area contributed by atoms with Crippen molar-refractivity contribution in [2.45, 2.75) is 38.6 Å². The smallest absolute Gasteiger partial charge is 0.317 e. The van der Waals surface area contributed by atoms with Crippen LogP contribution >= 0.6 is 0 Å². The fraction of sp³-hybridized carbons (Fsp3) is 0.818. The molecule has 0 heterocycles. The molecule has 1 fully saturated rings. The van der Waals surface area contributed by atoms with E-state index in [1.165, 1.54) is 0 Å². The van der Waals surface area contributed by atoms with Gasteiger partial charge < -0.3 is 15.3 Å². The number of carboxylic acids is 1. The summed E-state index contributed by atoms with van der Waals surface area (Å²) in [5.41, 5.74) is 0. The summed E-state index contributed by atoms with van der Waals surface area (Å²) in [6.07, 6.45) is 2.91. The molecule has 0 spiro atoms. The number of carbonyl (C=O) groups is 2. The fourth-order valence-electron chi connectivity index (χ4n) is 2.06. The Kier molecular flexibility index (Phi) is 4.58. The van der Waals surface area contributed by atoms with E-state index in [-0.39, 0.29) is 18.0 Å². The highest BCUT2D eigenvalue weighted by Gasteiger charge is 2.30. The number of rotatable bonds is 4. The summed E-state index contributed by atoms with van der Waals surface area (Å²) in [4.78, 5) is 24.0. The number of nitrogens with one attached hydrogen (secondary N) is 1. The first kappa shape index (κ1) is 12.8. The maximum Gasteiger partial charge on any atom is 0.317 e. The van der Waals surface area contributed by atoms with Gasteiger partial charge in [0.05, 0.1) is 5.92 Å². The second kappa shape index (κ2) is 5.72. The average molecular weight is 228 g/mol. The lowest BCUT2D eigenvalue weighted by Crippen LogP contribution is -2.42. The lowest BCUT2D eigenvalue weighted by molar-refractivity contribution is -0.141. The van der Waals surface area contributed by atoms with Crippen LogP contribution in [-0.2, 0) is 4.79 Å². The molecule has 0 radical (unpaired) electrons. The summed E-state index contributed by atoms with van der Waals surface area (Å²) >= 11 is 0. The highest BCUT2D eigenvalue weighted by atomic mass is 16.4. The number of amides is 2. The Hall–Kier alpha value is -1.26. The van der Waals surface area contributed by atoms with Crippen LogP contribution in [0.25, 0.3) is 0 Å². The Bertz CT molecular complexity index is 268. The molecule has 2 N–H and O–H groups in total. The third-order valence-electron chi connectivity index (χ3n) is 3.02. The predicted octanol–water partition coefficient (Wildman–Crippen LogP) is 1.29. The number of hydrogen-bond donors (Lipinski definition) is 2. The van der Waals surface area contributed by atoms with Crippen LogP contribution in [0.3, 0.4) is 0 Å². The van der Waals surface area contributed by atoms with Crippen LogP contribution in [0.2, 0.25) is 0 Å². The summed E-state index contributed by atoms with van der Waals surface area (Å²) in [6, 6.07) is -0.0780. The zero-order valence-corrected chi connectivity index (χ0v) is 9.90. The van der Waals surface area contributed by atoms with Gasteiger partial charge in [-0.3, -0.25) is 4.79 Å². The van der Waals surface area contributed by atoms with Crippen LogP contribution in [0.1, 0.15) is 32.6 Å². The van der Waals surface area contributed by atoms with Crippen molar-refractivity contribution in [3.05, 3.63) is 0 Å². The molecule has 0 saturated heterocycles. The normalized spacial score (nSPS) is 24.1. The van der Waals surface area contributed by atoms with E-state index in [0.717, 1.165) is 19.4 Å². The van der Waals surface area contributed by atoms with Gasteiger partial charge in [-0.15, -0.1) is 0 Å².